The highest BCUT2D eigenvalue weighted by Gasteiger charge is 2.31. The second-order valence-electron chi connectivity index (χ2n) is 6.08. The number of para-hydroxylation sites is 1. The standard InChI is InChI=1S/C16H23ClN2O3S/c1-18(15-7-3-2-4-8-15)9-5-6-10-19-12-14(11-16(19)20)13-23(17,21)22/h2-4,7-8,14H,5-6,9-13H2,1H3. The Hall–Kier alpha value is -1.27. The van der Waals surface area contributed by atoms with Crippen LogP contribution < -0.4 is 4.90 Å². The zero-order chi connectivity index (χ0) is 16.9. The zero-order valence-electron chi connectivity index (χ0n) is 13.3. The summed E-state index contributed by atoms with van der Waals surface area (Å²) >= 11 is 0. The topological polar surface area (TPSA) is 57.7 Å². The molecule has 1 saturated heterocycles. The minimum absolute atomic E-state index is 0.0340. The Labute approximate surface area is 142 Å². The molecule has 2 rings (SSSR count). The maximum Gasteiger partial charge on any atom is 0.232 e. The summed E-state index contributed by atoms with van der Waals surface area (Å²) in [7, 11) is 3.78. The maximum atomic E-state index is 11.9. The van der Waals surface area contributed by atoms with E-state index in [1.54, 1.807) is 4.90 Å². The van der Waals surface area contributed by atoms with Gasteiger partial charge < -0.3 is 9.80 Å². The summed E-state index contributed by atoms with van der Waals surface area (Å²) in [6.07, 6.45) is 2.17. The number of likely N-dealkylation sites (tertiary alicyclic amines) is 1. The molecule has 0 aliphatic carbocycles. The fourth-order valence-corrected chi connectivity index (χ4v) is 4.25. The lowest BCUT2D eigenvalue weighted by atomic mass is 10.1. The Balaban J connectivity index is 1.69. The van der Waals surface area contributed by atoms with Gasteiger partial charge in [0.25, 0.3) is 0 Å². The third-order valence-corrected chi connectivity index (χ3v) is 5.35. The first-order valence-electron chi connectivity index (χ1n) is 7.81. The first kappa shape index (κ1) is 18.1. The van der Waals surface area contributed by atoms with Gasteiger partial charge in [-0.15, -0.1) is 0 Å². The smallest absolute Gasteiger partial charge is 0.232 e. The predicted octanol–water partition coefficient (Wildman–Crippen LogP) is 2.32. The number of hydrogen-bond donors (Lipinski definition) is 0. The van der Waals surface area contributed by atoms with Gasteiger partial charge >= 0.3 is 0 Å². The SMILES string of the molecule is CN(CCCCN1CC(CS(=O)(=O)Cl)CC1=O)c1ccccc1. The minimum Gasteiger partial charge on any atom is -0.375 e. The summed E-state index contributed by atoms with van der Waals surface area (Å²) < 4.78 is 22.2. The molecule has 0 saturated carbocycles. The van der Waals surface area contributed by atoms with E-state index in [0.717, 1.165) is 19.4 Å². The quantitative estimate of drug-likeness (QED) is 0.528. The number of amides is 1. The van der Waals surface area contributed by atoms with Crippen LogP contribution in [-0.2, 0) is 13.8 Å². The molecule has 1 aliphatic heterocycles. The lowest BCUT2D eigenvalue weighted by Gasteiger charge is -2.20. The number of rotatable bonds is 8. The van der Waals surface area contributed by atoms with Crippen LogP contribution in [0.3, 0.4) is 0 Å². The third-order valence-electron chi connectivity index (χ3n) is 4.10. The number of anilines is 1. The van der Waals surface area contributed by atoms with Crippen molar-refractivity contribution < 1.29 is 13.2 Å². The van der Waals surface area contributed by atoms with E-state index >= 15 is 0 Å². The van der Waals surface area contributed by atoms with Crippen molar-refractivity contribution in [2.24, 2.45) is 5.92 Å². The van der Waals surface area contributed by atoms with E-state index in [0.29, 0.717) is 13.1 Å². The second kappa shape index (κ2) is 8.02. The van der Waals surface area contributed by atoms with Crippen molar-refractivity contribution in [3.8, 4) is 0 Å². The van der Waals surface area contributed by atoms with Crippen molar-refractivity contribution in [1.82, 2.24) is 4.90 Å². The Morgan fingerprint density at radius 2 is 1.96 bits per heavy atom. The first-order valence-corrected chi connectivity index (χ1v) is 10.3. The normalized spacial score (nSPS) is 18.4. The molecule has 23 heavy (non-hydrogen) atoms. The molecule has 7 heteroatoms. The van der Waals surface area contributed by atoms with Crippen LogP contribution in [0.4, 0.5) is 5.69 Å². The molecule has 5 nitrogen and oxygen atoms in total. The highest BCUT2D eigenvalue weighted by atomic mass is 35.7. The summed E-state index contributed by atoms with van der Waals surface area (Å²) in [5.74, 6) is -0.253. The Morgan fingerprint density at radius 1 is 1.26 bits per heavy atom. The molecule has 0 bridgehead atoms. The molecule has 1 amide bonds. The second-order valence-corrected chi connectivity index (χ2v) is 8.90. The van der Waals surface area contributed by atoms with Gasteiger partial charge in [0.2, 0.25) is 15.0 Å². The number of halogens is 1. The summed E-state index contributed by atoms with van der Waals surface area (Å²) in [5, 5.41) is 0. The number of carbonyl (C=O) groups is 1. The lowest BCUT2D eigenvalue weighted by molar-refractivity contribution is -0.127. The summed E-state index contributed by atoms with van der Waals surface area (Å²) in [5.41, 5.74) is 1.18. The van der Waals surface area contributed by atoms with E-state index in [1.165, 1.54) is 5.69 Å². The molecule has 0 spiro atoms. The van der Waals surface area contributed by atoms with Crippen LogP contribution in [0.2, 0.25) is 0 Å². The fraction of sp³-hybridized carbons (Fsp3) is 0.562. The van der Waals surface area contributed by atoms with Crippen LogP contribution in [0.15, 0.2) is 30.3 Å². The maximum absolute atomic E-state index is 11.9. The van der Waals surface area contributed by atoms with Gasteiger partial charge in [0.05, 0.1) is 5.75 Å². The van der Waals surface area contributed by atoms with Gasteiger partial charge in [-0.2, -0.15) is 0 Å². The number of carbonyl (C=O) groups excluding carboxylic acids is 1. The van der Waals surface area contributed by atoms with Crippen LogP contribution >= 0.6 is 10.7 Å². The van der Waals surface area contributed by atoms with Crippen molar-refractivity contribution >= 4 is 31.3 Å². The van der Waals surface area contributed by atoms with Crippen molar-refractivity contribution in [3.63, 3.8) is 0 Å². The number of hydrogen-bond acceptors (Lipinski definition) is 4. The Kier molecular flexibility index (Phi) is 6.30. The van der Waals surface area contributed by atoms with Crippen LogP contribution in [0.1, 0.15) is 19.3 Å². The highest BCUT2D eigenvalue weighted by molar-refractivity contribution is 8.13. The average Bonchev–Trinajstić information content (AvgIpc) is 2.82. The molecule has 0 radical (unpaired) electrons. The predicted molar refractivity (Wildman–Crippen MR) is 93.3 cm³/mol. The Bertz CT molecular complexity index is 621. The molecule has 1 unspecified atom stereocenters. The van der Waals surface area contributed by atoms with Crippen molar-refractivity contribution in [1.29, 1.82) is 0 Å². The van der Waals surface area contributed by atoms with Crippen molar-refractivity contribution in [2.45, 2.75) is 19.3 Å². The van der Waals surface area contributed by atoms with Crippen LogP contribution in [-0.4, -0.2) is 51.7 Å². The third kappa shape index (κ3) is 6.03. The average molecular weight is 359 g/mol. The van der Waals surface area contributed by atoms with Crippen LogP contribution in [0.25, 0.3) is 0 Å². The molecule has 1 aliphatic rings. The van der Waals surface area contributed by atoms with Gasteiger partial charge in [-0.3, -0.25) is 4.79 Å². The van der Waals surface area contributed by atoms with Gasteiger partial charge in [-0.05, 0) is 25.0 Å². The monoisotopic (exact) mass is 358 g/mol. The summed E-state index contributed by atoms with van der Waals surface area (Å²) in [6, 6.07) is 10.2. The molecule has 1 atom stereocenters. The van der Waals surface area contributed by atoms with E-state index in [9.17, 15) is 13.2 Å². The molecule has 0 N–H and O–H groups in total. The van der Waals surface area contributed by atoms with E-state index in [2.05, 4.69) is 24.1 Å². The summed E-state index contributed by atoms with van der Waals surface area (Å²) in [4.78, 5) is 15.8. The van der Waals surface area contributed by atoms with Crippen LogP contribution in [0.5, 0.6) is 0 Å². The van der Waals surface area contributed by atoms with Gasteiger partial charge in [0, 0.05) is 55.4 Å². The lowest BCUT2D eigenvalue weighted by Crippen LogP contribution is -2.28. The van der Waals surface area contributed by atoms with E-state index in [4.69, 9.17) is 10.7 Å². The number of nitrogens with zero attached hydrogens (tertiary/aromatic N) is 2. The largest absolute Gasteiger partial charge is 0.375 e. The molecule has 1 fully saturated rings. The van der Waals surface area contributed by atoms with Crippen molar-refractivity contribution in [2.75, 3.05) is 37.3 Å². The van der Waals surface area contributed by atoms with Gasteiger partial charge in [0.1, 0.15) is 0 Å². The fourth-order valence-electron chi connectivity index (χ4n) is 2.93. The molecule has 1 aromatic carbocycles. The van der Waals surface area contributed by atoms with E-state index in [1.807, 2.05) is 18.2 Å². The minimum atomic E-state index is -3.53. The first-order chi connectivity index (χ1) is 10.8. The number of unbranched alkanes of at least 4 members (excludes halogenated alkanes) is 1. The molecular weight excluding hydrogens is 336 g/mol. The van der Waals surface area contributed by atoms with E-state index in [-0.39, 0.29) is 24.0 Å². The molecule has 1 heterocycles. The molecule has 128 valence electrons. The molecule has 1 aromatic rings. The van der Waals surface area contributed by atoms with Gasteiger partial charge in [-0.25, -0.2) is 8.42 Å². The van der Waals surface area contributed by atoms with Gasteiger partial charge in [0.15, 0.2) is 0 Å². The Morgan fingerprint density at radius 3 is 2.61 bits per heavy atom. The highest BCUT2D eigenvalue weighted by Crippen LogP contribution is 2.21. The van der Waals surface area contributed by atoms with Gasteiger partial charge in [-0.1, -0.05) is 18.2 Å². The molecular formula is C16H23ClN2O3S. The summed E-state index contributed by atoms with van der Waals surface area (Å²) in [6.45, 7) is 2.10. The van der Waals surface area contributed by atoms with E-state index < -0.39 is 9.05 Å². The van der Waals surface area contributed by atoms with Crippen LogP contribution in [0, 0.1) is 5.92 Å². The number of benzene rings is 1. The zero-order valence-corrected chi connectivity index (χ0v) is 14.9. The van der Waals surface area contributed by atoms with Crippen molar-refractivity contribution in [3.05, 3.63) is 30.3 Å². The molecule has 0 aromatic heterocycles.